The van der Waals surface area contributed by atoms with Crippen LogP contribution in [0.5, 0.6) is 0 Å². The highest BCUT2D eigenvalue weighted by Gasteiger charge is 2.43. The molecule has 0 heterocycles. The van der Waals surface area contributed by atoms with E-state index in [4.69, 9.17) is 0 Å². The van der Waals surface area contributed by atoms with Crippen molar-refractivity contribution in [2.24, 2.45) is 0 Å². The summed E-state index contributed by atoms with van der Waals surface area (Å²) in [6.07, 6.45) is 11.3. The van der Waals surface area contributed by atoms with Crippen molar-refractivity contribution in [2.75, 3.05) is 0 Å². The molecule has 0 spiro atoms. The highest BCUT2D eigenvalue weighted by molar-refractivity contribution is 7.73. The number of hydrogen-bond donors (Lipinski definition) is 0. The number of hydrogen-bond acceptors (Lipinski definition) is 1. The number of halogens is 1. The van der Waals surface area contributed by atoms with Gasteiger partial charge in [-0.25, -0.2) is 4.39 Å². The Morgan fingerprint density at radius 1 is 0.810 bits per heavy atom. The molecule has 116 valence electrons. The van der Waals surface area contributed by atoms with Crippen molar-refractivity contribution in [1.82, 2.24) is 0 Å². The summed E-state index contributed by atoms with van der Waals surface area (Å²) in [7, 11) is -2.64. The summed E-state index contributed by atoms with van der Waals surface area (Å²) in [5.74, 6) is -0.239. The monoisotopic (exact) mass is 308 g/mol. The summed E-state index contributed by atoms with van der Waals surface area (Å²) in [5.41, 5.74) is 0.456. The normalized spacial score (nSPS) is 22.3. The average Bonchev–Trinajstić information content (AvgIpc) is 2.56. The van der Waals surface area contributed by atoms with Gasteiger partial charge >= 0.3 is 0 Å². The van der Waals surface area contributed by atoms with Crippen molar-refractivity contribution in [3.05, 3.63) is 30.1 Å². The van der Waals surface area contributed by atoms with Crippen LogP contribution in [-0.2, 0) is 4.57 Å². The molecule has 21 heavy (non-hydrogen) atoms. The van der Waals surface area contributed by atoms with Crippen LogP contribution in [0.2, 0.25) is 0 Å². The van der Waals surface area contributed by atoms with Gasteiger partial charge in [0.25, 0.3) is 0 Å². The van der Waals surface area contributed by atoms with Gasteiger partial charge in [0.1, 0.15) is 13.0 Å². The second kappa shape index (κ2) is 6.65. The van der Waals surface area contributed by atoms with E-state index in [9.17, 15) is 8.96 Å². The molecule has 3 heteroatoms. The molecular weight excluding hydrogens is 282 g/mol. The topological polar surface area (TPSA) is 17.1 Å². The zero-order chi connectivity index (χ0) is 14.7. The zero-order valence-electron chi connectivity index (χ0n) is 12.8. The summed E-state index contributed by atoms with van der Waals surface area (Å²) in [4.78, 5) is 0. The number of benzene rings is 1. The van der Waals surface area contributed by atoms with Crippen molar-refractivity contribution in [1.29, 1.82) is 0 Å². The molecule has 0 aromatic heterocycles. The van der Waals surface area contributed by atoms with E-state index in [0.717, 1.165) is 51.4 Å². The van der Waals surface area contributed by atoms with E-state index >= 15 is 0 Å². The van der Waals surface area contributed by atoms with Crippen LogP contribution >= 0.6 is 7.14 Å². The lowest BCUT2D eigenvalue weighted by Gasteiger charge is -2.38. The van der Waals surface area contributed by atoms with Gasteiger partial charge in [0.05, 0.1) is 0 Å². The maximum absolute atomic E-state index is 14.4. The van der Waals surface area contributed by atoms with Crippen molar-refractivity contribution in [3.8, 4) is 0 Å². The van der Waals surface area contributed by atoms with Crippen LogP contribution in [0.4, 0.5) is 4.39 Å². The van der Waals surface area contributed by atoms with E-state index in [1.54, 1.807) is 12.1 Å². The van der Waals surface area contributed by atoms with Crippen LogP contribution in [0.25, 0.3) is 0 Å². The van der Waals surface area contributed by atoms with Gasteiger partial charge in [-0.05, 0) is 37.8 Å². The van der Waals surface area contributed by atoms with Crippen LogP contribution in [0.1, 0.15) is 64.2 Å². The van der Waals surface area contributed by atoms with Gasteiger partial charge in [0.2, 0.25) is 0 Å². The predicted octanol–water partition coefficient (Wildman–Crippen LogP) is 5.48. The minimum atomic E-state index is -2.64. The van der Waals surface area contributed by atoms with E-state index in [1.165, 1.54) is 18.9 Å². The Hall–Kier alpha value is -0.620. The van der Waals surface area contributed by atoms with Gasteiger partial charge in [-0.15, -0.1) is 0 Å². The summed E-state index contributed by atoms with van der Waals surface area (Å²) < 4.78 is 28.5. The van der Waals surface area contributed by atoms with E-state index in [1.807, 2.05) is 6.07 Å². The Balaban J connectivity index is 2.01. The Bertz CT molecular complexity index is 494. The Morgan fingerprint density at radius 2 is 1.29 bits per heavy atom. The quantitative estimate of drug-likeness (QED) is 0.676. The molecule has 0 unspecified atom stereocenters. The van der Waals surface area contributed by atoms with Crippen LogP contribution in [0.3, 0.4) is 0 Å². The van der Waals surface area contributed by atoms with Crippen LogP contribution < -0.4 is 5.30 Å². The lowest BCUT2D eigenvalue weighted by atomic mass is 9.99. The van der Waals surface area contributed by atoms with E-state index in [0.29, 0.717) is 5.30 Å². The second-order valence-electron chi connectivity index (χ2n) is 6.74. The van der Waals surface area contributed by atoms with Crippen molar-refractivity contribution in [2.45, 2.75) is 75.5 Å². The molecule has 0 N–H and O–H groups in total. The molecule has 1 nitrogen and oxygen atoms in total. The molecule has 0 radical (unpaired) electrons. The van der Waals surface area contributed by atoms with Crippen LogP contribution in [0, 0.1) is 5.82 Å². The molecule has 3 rings (SSSR count). The SMILES string of the molecule is O=P(c1ccccc1F)(C1CCCCC1)C1CCCCC1. The highest BCUT2D eigenvalue weighted by atomic mass is 31.2. The van der Waals surface area contributed by atoms with E-state index in [2.05, 4.69) is 0 Å². The molecule has 1 aromatic rings. The van der Waals surface area contributed by atoms with Crippen LogP contribution in [-0.4, -0.2) is 11.3 Å². The molecule has 2 aliphatic rings. The summed E-state index contributed by atoms with van der Waals surface area (Å²) >= 11 is 0. The second-order valence-corrected chi connectivity index (χ2v) is 10.1. The lowest BCUT2D eigenvalue weighted by Crippen LogP contribution is -2.31. The van der Waals surface area contributed by atoms with Gasteiger partial charge in [0, 0.05) is 16.6 Å². The molecule has 0 saturated heterocycles. The molecular formula is C18H26FOP. The number of rotatable bonds is 3. The summed E-state index contributed by atoms with van der Waals surface area (Å²) in [6, 6.07) is 6.87. The lowest BCUT2D eigenvalue weighted by molar-refractivity contribution is 0.452. The van der Waals surface area contributed by atoms with E-state index < -0.39 is 7.14 Å². The largest absolute Gasteiger partial charge is 0.318 e. The minimum absolute atomic E-state index is 0.228. The molecule has 0 atom stereocenters. The van der Waals surface area contributed by atoms with E-state index in [-0.39, 0.29) is 17.1 Å². The summed E-state index contributed by atoms with van der Waals surface area (Å²) in [6.45, 7) is 0. The average molecular weight is 308 g/mol. The minimum Gasteiger partial charge on any atom is -0.318 e. The fraction of sp³-hybridized carbons (Fsp3) is 0.667. The molecule has 2 fully saturated rings. The van der Waals surface area contributed by atoms with Crippen molar-refractivity contribution < 1.29 is 8.96 Å². The Morgan fingerprint density at radius 3 is 1.76 bits per heavy atom. The standard InChI is InChI=1S/C18H26FOP/c19-17-13-7-8-14-18(17)21(20,15-9-3-1-4-10-15)16-11-5-2-6-12-16/h7-8,13-16H,1-6,9-12H2. The van der Waals surface area contributed by atoms with Gasteiger partial charge in [-0.2, -0.15) is 0 Å². The molecule has 0 bridgehead atoms. The third-order valence-electron chi connectivity index (χ3n) is 5.46. The smallest absolute Gasteiger partial charge is 0.133 e. The third-order valence-corrected chi connectivity index (χ3v) is 9.78. The Kier molecular flexibility index (Phi) is 4.84. The third kappa shape index (κ3) is 2.97. The van der Waals surface area contributed by atoms with Gasteiger partial charge < -0.3 is 4.57 Å². The van der Waals surface area contributed by atoms with Gasteiger partial charge in [-0.3, -0.25) is 0 Å². The van der Waals surface area contributed by atoms with Gasteiger partial charge in [-0.1, -0.05) is 50.7 Å². The molecule has 1 aromatic carbocycles. The van der Waals surface area contributed by atoms with Crippen molar-refractivity contribution >= 4 is 12.4 Å². The first-order valence-corrected chi connectivity index (χ1v) is 10.4. The molecule has 0 aliphatic heterocycles. The van der Waals surface area contributed by atoms with Crippen LogP contribution in [0.15, 0.2) is 24.3 Å². The maximum atomic E-state index is 14.4. The zero-order valence-corrected chi connectivity index (χ0v) is 13.7. The first-order valence-electron chi connectivity index (χ1n) is 8.57. The highest BCUT2D eigenvalue weighted by Crippen LogP contribution is 2.62. The molecule has 2 aliphatic carbocycles. The molecule has 2 saturated carbocycles. The fourth-order valence-corrected chi connectivity index (χ4v) is 8.73. The maximum Gasteiger partial charge on any atom is 0.133 e. The fourth-order valence-electron chi connectivity index (χ4n) is 4.36. The van der Waals surface area contributed by atoms with Crippen molar-refractivity contribution in [3.63, 3.8) is 0 Å². The first kappa shape index (κ1) is 15.3. The Labute approximate surface area is 127 Å². The summed E-state index contributed by atoms with van der Waals surface area (Å²) in [5, 5.41) is 0.559. The first-order chi connectivity index (χ1) is 10.2. The van der Waals surface area contributed by atoms with Gasteiger partial charge in [0.15, 0.2) is 0 Å². The predicted molar refractivity (Wildman–Crippen MR) is 87.4 cm³/mol. The molecule has 0 amide bonds.